The van der Waals surface area contributed by atoms with Crippen molar-refractivity contribution in [1.29, 1.82) is 5.26 Å². The van der Waals surface area contributed by atoms with Gasteiger partial charge in [-0.1, -0.05) is 65.7 Å². The molecule has 0 amide bonds. The lowest BCUT2D eigenvalue weighted by atomic mass is 9.83. The van der Waals surface area contributed by atoms with E-state index in [0.29, 0.717) is 38.1 Å². The standard InChI is InChI=1S/C33H20Cl2N2O6/c34-21-8-5-20(27(35)14-21)17-40-22-9-6-18(7-10-22)30-24-12-11-23(15-29(24)42-31(37)26(30)16-36)41-32(38)25-13-19-3-1-2-4-28(19)43-33(25)39/h1-15,30H,17,37H2. The van der Waals surface area contributed by atoms with Crippen molar-refractivity contribution in [3.63, 3.8) is 0 Å². The minimum Gasteiger partial charge on any atom is -0.489 e. The van der Waals surface area contributed by atoms with Gasteiger partial charge in [0.15, 0.2) is 0 Å². The first-order chi connectivity index (χ1) is 20.8. The van der Waals surface area contributed by atoms with Crippen molar-refractivity contribution >= 4 is 40.1 Å². The van der Waals surface area contributed by atoms with Crippen LogP contribution in [0.1, 0.15) is 33.0 Å². The molecule has 212 valence electrons. The lowest BCUT2D eigenvalue weighted by Gasteiger charge is -2.26. The maximum absolute atomic E-state index is 12.9. The molecule has 2 heterocycles. The second-order valence-electron chi connectivity index (χ2n) is 9.59. The molecule has 0 saturated carbocycles. The number of fused-ring (bicyclic) bond motifs is 2. The number of nitriles is 1. The van der Waals surface area contributed by atoms with Gasteiger partial charge in [0.1, 0.15) is 46.6 Å². The first-order valence-corrected chi connectivity index (χ1v) is 13.7. The second-order valence-corrected chi connectivity index (χ2v) is 10.4. The van der Waals surface area contributed by atoms with Crippen LogP contribution in [-0.4, -0.2) is 5.97 Å². The molecule has 0 radical (unpaired) electrons. The Morgan fingerprint density at radius 2 is 1.72 bits per heavy atom. The summed E-state index contributed by atoms with van der Waals surface area (Å²) in [6, 6.07) is 27.5. The van der Waals surface area contributed by atoms with E-state index in [2.05, 4.69) is 6.07 Å². The molecule has 1 aromatic heterocycles. The van der Waals surface area contributed by atoms with E-state index in [1.54, 1.807) is 66.7 Å². The summed E-state index contributed by atoms with van der Waals surface area (Å²) in [5.41, 5.74) is 7.85. The Labute approximate surface area is 255 Å². The molecule has 5 aromatic rings. The highest BCUT2D eigenvalue weighted by Gasteiger charge is 2.31. The fourth-order valence-electron chi connectivity index (χ4n) is 4.76. The van der Waals surface area contributed by atoms with Crippen LogP contribution in [-0.2, 0) is 6.61 Å². The molecule has 6 rings (SSSR count). The van der Waals surface area contributed by atoms with Gasteiger partial charge in [0.05, 0.1) is 5.92 Å². The minimum absolute atomic E-state index is 0.0728. The molecule has 0 bridgehead atoms. The zero-order valence-corrected chi connectivity index (χ0v) is 23.7. The molecule has 4 aromatic carbocycles. The Kier molecular flexibility index (Phi) is 7.51. The molecule has 0 fully saturated rings. The predicted molar refractivity (Wildman–Crippen MR) is 160 cm³/mol. The zero-order chi connectivity index (χ0) is 30.1. The average molecular weight is 611 g/mol. The van der Waals surface area contributed by atoms with Crippen LogP contribution in [0.3, 0.4) is 0 Å². The number of nitrogens with zero attached hydrogens (tertiary/aromatic N) is 1. The Morgan fingerprint density at radius 3 is 2.49 bits per heavy atom. The quantitative estimate of drug-likeness (QED) is 0.122. The van der Waals surface area contributed by atoms with Crippen molar-refractivity contribution in [3.05, 3.63) is 145 Å². The molecule has 0 spiro atoms. The average Bonchev–Trinajstić information content (AvgIpc) is 3.00. The molecule has 0 aliphatic carbocycles. The predicted octanol–water partition coefficient (Wildman–Crippen LogP) is 7.12. The van der Waals surface area contributed by atoms with Gasteiger partial charge >= 0.3 is 11.6 Å². The normalized spacial score (nSPS) is 14.0. The second kappa shape index (κ2) is 11.6. The highest BCUT2D eigenvalue weighted by molar-refractivity contribution is 6.35. The molecule has 1 unspecified atom stereocenters. The summed E-state index contributed by atoms with van der Waals surface area (Å²) >= 11 is 12.2. The first kappa shape index (κ1) is 27.9. The van der Waals surface area contributed by atoms with Crippen molar-refractivity contribution in [1.82, 2.24) is 0 Å². The summed E-state index contributed by atoms with van der Waals surface area (Å²) in [7, 11) is 0. The molecule has 1 atom stereocenters. The topological polar surface area (TPSA) is 125 Å². The summed E-state index contributed by atoms with van der Waals surface area (Å²) in [5.74, 6) is -0.494. The van der Waals surface area contributed by atoms with Crippen LogP contribution in [0.4, 0.5) is 0 Å². The third-order valence-electron chi connectivity index (χ3n) is 6.89. The van der Waals surface area contributed by atoms with Crippen LogP contribution in [0.2, 0.25) is 10.0 Å². The number of halogens is 2. The van der Waals surface area contributed by atoms with Gasteiger partial charge in [0, 0.05) is 32.6 Å². The third kappa shape index (κ3) is 5.64. The monoisotopic (exact) mass is 610 g/mol. The lowest BCUT2D eigenvalue weighted by molar-refractivity contribution is 0.0730. The van der Waals surface area contributed by atoms with Gasteiger partial charge in [0.25, 0.3) is 0 Å². The van der Waals surface area contributed by atoms with Crippen LogP contribution in [0.15, 0.2) is 112 Å². The van der Waals surface area contributed by atoms with E-state index in [1.165, 1.54) is 12.1 Å². The maximum atomic E-state index is 12.9. The van der Waals surface area contributed by atoms with Crippen molar-refractivity contribution in [2.75, 3.05) is 0 Å². The van der Waals surface area contributed by atoms with E-state index in [1.807, 2.05) is 12.1 Å². The number of nitrogens with two attached hydrogens (primary N) is 1. The smallest absolute Gasteiger partial charge is 0.351 e. The third-order valence-corrected chi connectivity index (χ3v) is 7.47. The Balaban J connectivity index is 1.24. The van der Waals surface area contributed by atoms with Gasteiger partial charge in [-0.2, -0.15) is 5.26 Å². The minimum atomic E-state index is -0.886. The largest absolute Gasteiger partial charge is 0.489 e. The first-order valence-electron chi connectivity index (χ1n) is 12.9. The van der Waals surface area contributed by atoms with E-state index < -0.39 is 17.5 Å². The number of ether oxygens (including phenoxy) is 3. The van der Waals surface area contributed by atoms with Gasteiger partial charge in [-0.05, 0) is 48.0 Å². The van der Waals surface area contributed by atoms with E-state index in [0.717, 1.165) is 11.1 Å². The number of esters is 1. The van der Waals surface area contributed by atoms with Crippen molar-refractivity contribution < 1.29 is 23.4 Å². The van der Waals surface area contributed by atoms with Gasteiger partial charge in [-0.15, -0.1) is 0 Å². The SMILES string of the molecule is N#CC1=C(N)Oc2cc(OC(=O)c3cc4ccccc4oc3=O)ccc2C1c1ccc(OCc2ccc(Cl)cc2Cl)cc1. The molecule has 2 N–H and O–H groups in total. The van der Waals surface area contributed by atoms with Crippen LogP contribution < -0.4 is 25.6 Å². The highest BCUT2D eigenvalue weighted by atomic mass is 35.5. The Morgan fingerprint density at radius 1 is 0.953 bits per heavy atom. The Bertz CT molecular complexity index is 2030. The number of benzene rings is 4. The number of carbonyl (C=O) groups excluding carboxylic acids is 1. The summed E-state index contributed by atoms with van der Waals surface area (Å²) in [5, 5.41) is 11.5. The van der Waals surface area contributed by atoms with Crippen molar-refractivity contribution in [2.45, 2.75) is 12.5 Å². The molecule has 43 heavy (non-hydrogen) atoms. The molecule has 10 heteroatoms. The summed E-state index contributed by atoms with van der Waals surface area (Å²) < 4.78 is 22.4. The number of para-hydroxylation sites is 1. The van der Waals surface area contributed by atoms with Crippen molar-refractivity contribution in [3.8, 4) is 23.3 Å². The summed E-state index contributed by atoms with van der Waals surface area (Å²) in [6.07, 6.45) is 0. The van der Waals surface area contributed by atoms with Crippen LogP contribution in [0.25, 0.3) is 11.0 Å². The highest BCUT2D eigenvalue weighted by Crippen LogP contribution is 2.43. The number of carbonyl (C=O) groups is 1. The van der Waals surface area contributed by atoms with Gasteiger partial charge in [-0.25, -0.2) is 9.59 Å². The molecule has 1 aliphatic heterocycles. The Hall–Kier alpha value is -5.23. The number of rotatable bonds is 6. The van der Waals surface area contributed by atoms with Crippen LogP contribution in [0.5, 0.6) is 17.2 Å². The van der Waals surface area contributed by atoms with Gasteiger partial charge < -0.3 is 24.4 Å². The summed E-state index contributed by atoms with van der Waals surface area (Å²) in [4.78, 5) is 25.3. The molecule has 0 saturated heterocycles. The van der Waals surface area contributed by atoms with Crippen molar-refractivity contribution in [2.24, 2.45) is 5.73 Å². The fourth-order valence-corrected chi connectivity index (χ4v) is 5.23. The maximum Gasteiger partial charge on any atom is 0.351 e. The van der Waals surface area contributed by atoms with Crippen LogP contribution >= 0.6 is 23.2 Å². The lowest BCUT2D eigenvalue weighted by Crippen LogP contribution is -2.21. The number of hydrogen-bond donors (Lipinski definition) is 1. The van der Waals surface area contributed by atoms with E-state index in [9.17, 15) is 14.9 Å². The van der Waals surface area contributed by atoms with E-state index >= 15 is 0 Å². The van der Waals surface area contributed by atoms with Crippen LogP contribution in [0, 0.1) is 11.3 Å². The molecular weight excluding hydrogens is 591 g/mol. The fraction of sp³-hybridized carbons (Fsp3) is 0.0606. The van der Waals surface area contributed by atoms with E-state index in [-0.39, 0.29) is 29.4 Å². The number of allylic oxidation sites excluding steroid dienone is 1. The summed E-state index contributed by atoms with van der Waals surface area (Å²) in [6.45, 7) is 0.244. The zero-order valence-electron chi connectivity index (χ0n) is 22.2. The van der Waals surface area contributed by atoms with E-state index in [4.69, 9.17) is 47.6 Å². The van der Waals surface area contributed by atoms with Gasteiger partial charge in [-0.3, -0.25) is 0 Å². The molecule has 8 nitrogen and oxygen atoms in total. The van der Waals surface area contributed by atoms with Gasteiger partial charge in [0.2, 0.25) is 5.88 Å². The molecular formula is C33H20Cl2N2O6. The number of hydrogen-bond acceptors (Lipinski definition) is 8. The molecule has 1 aliphatic rings.